The first kappa shape index (κ1) is 17.8. The molecule has 0 fully saturated rings. The summed E-state index contributed by atoms with van der Waals surface area (Å²) in [5.74, 6) is 1.35. The van der Waals surface area contributed by atoms with Gasteiger partial charge in [-0.05, 0) is 67.4 Å². The van der Waals surface area contributed by atoms with Gasteiger partial charge in [0, 0.05) is 16.6 Å². The van der Waals surface area contributed by atoms with Gasteiger partial charge in [-0.15, -0.1) is 0 Å². The van der Waals surface area contributed by atoms with Crippen molar-refractivity contribution in [1.82, 2.24) is 9.97 Å². The van der Waals surface area contributed by atoms with Gasteiger partial charge in [0.15, 0.2) is 5.82 Å². The molecule has 1 heterocycles. The number of aryl methyl sites for hydroxylation is 2. The number of aromatic nitrogens is 2. The Bertz CT molecular complexity index is 1160. The molecule has 0 atom stereocenters. The summed E-state index contributed by atoms with van der Waals surface area (Å²) in [7, 11) is 0. The maximum Gasteiger partial charge on any atom is 0.162 e. The van der Waals surface area contributed by atoms with E-state index >= 15 is 0 Å². The Labute approximate surface area is 168 Å². The number of fused-ring (bicyclic) bond motifs is 1. The van der Waals surface area contributed by atoms with Crippen molar-refractivity contribution in [3.8, 4) is 11.4 Å². The van der Waals surface area contributed by atoms with Crippen molar-refractivity contribution in [1.29, 1.82) is 0 Å². The molecule has 134 valence electrons. The van der Waals surface area contributed by atoms with E-state index in [0.717, 1.165) is 28.0 Å². The number of anilines is 2. The zero-order valence-electron chi connectivity index (χ0n) is 14.9. The van der Waals surface area contributed by atoms with Gasteiger partial charge >= 0.3 is 0 Å². The quantitative estimate of drug-likeness (QED) is 0.408. The normalized spacial score (nSPS) is 11.0. The van der Waals surface area contributed by atoms with Crippen LogP contribution in [0.15, 0.2) is 60.7 Å². The smallest absolute Gasteiger partial charge is 0.162 e. The van der Waals surface area contributed by atoms with Crippen LogP contribution in [0.2, 0.25) is 10.0 Å². The van der Waals surface area contributed by atoms with Crippen LogP contribution in [0.3, 0.4) is 0 Å². The van der Waals surface area contributed by atoms with Crippen LogP contribution in [0.5, 0.6) is 0 Å². The molecular formula is C22H17Cl2N3. The molecule has 4 rings (SSSR count). The molecule has 1 N–H and O–H groups in total. The molecule has 0 saturated heterocycles. The first-order valence-corrected chi connectivity index (χ1v) is 9.33. The van der Waals surface area contributed by atoms with Gasteiger partial charge in [0.05, 0.1) is 15.6 Å². The highest BCUT2D eigenvalue weighted by molar-refractivity contribution is 6.42. The van der Waals surface area contributed by atoms with Crippen LogP contribution >= 0.6 is 23.2 Å². The van der Waals surface area contributed by atoms with Crippen LogP contribution in [0.25, 0.3) is 22.3 Å². The van der Waals surface area contributed by atoms with Crippen molar-refractivity contribution in [3.63, 3.8) is 0 Å². The van der Waals surface area contributed by atoms with E-state index < -0.39 is 0 Å². The molecule has 3 nitrogen and oxygen atoms in total. The summed E-state index contributed by atoms with van der Waals surface area (Å²) in [5.41, 5.74) is 5.15. The largest absolute Gasteiger partial charge is 0.340 e. The molecule has 0 spiro atoms. The predicted octanol–water partition coefficient (Wildman–Crippen LogP) is 6.96. The maximum absolute atomic E-state index is 6.18. The van der Waals surface area contributed by atoms with Crippen LogP contribution in [-0.2, 0) is 0 Å². The number of rotatable bonds is 3. The van der Waals surface area contributed by atoms with Crippen LogP contribution in [0, 0.1) is 13.8 Å². The highest BCUT2D eigenvalue weighted by Gasteiger charge is 2.11. The molecule has 0 bridgehead atoms. The van der Waals surface area contributed by atoms with Crippen LogP contribution in [-0.4, -0.2) is 9.97 Å². The zero-order valence-corrected chi connectivity index (χ0v) is 16.4. The first-order valence-electron chi connectivity index (χ1n) is 8.58. The van der Waals surface area contributed by atoms with Crippen molar-refractivity contribution >= 4 is 45.6 Å². The Morgan fingerprint density at radius 2 is 1.59 bits per heavy atom. The average molecular weight is 394 g/mol. The summed E-state index contributed by atoms with van der Waals surface area (Å²) in [6.45, 7) is 4.20. The Morgan fingerprint density at radius 3 is 2.37 bits per heavy atom. The van der Waals surface area contributed by atoms with Crippen molar-refractivity contribution in [2.45, 2.75) is 13.8 Å². The predicted molar refractivity (Wildman–Crippen MR) is 114 cm³/mol. The number of benzene rings is 3. The standard InChI is InChI=1S/C22H17Cl2N3/c1-13-7-9-16(11-14(13)2)25-22-17-5-3-4-6-20(17)26-21(27-22)15-8-10-18(23)19(24)12-15/h3-12H,1-2H3,(H,25,26,27). The number of nitrogens with zero attached hydrogens (tertiary/aromatic N) is 2. The van der Waals surface area contributed by atoms with Gasteiger partial charge in [0.1, 0.15) is 5.82 Å². The molecule has 27 heavy (non-hydrogen) atoms. The lowest BCUT2D eigenvalue weighted by Gasteiger charge is -2.12. The van der Waals surface area contributed by atoms with Gasteiger partial charge in [-0.1, -0.05) is 41.4 Å². The summed E-state index contributed by atoms with van der Waals surface area (Å²) in [4.78, 5) is 9.46. The number of para-hydroxylation sites is 1. The molecule has 0 amide bonds. The minimum Gasteiger partial charge on any atom is -0.340 e. The third-order valence-electron chi connectivity index (χ3n) is 4.55. The Balaban J connectivity index is 1.85. The van der Waals surface area contributed by atoms with Crippen molar-refractivity contribution in [2.75, 3.05) is 5.32 Å². The summed E-state index contributed by atoms with van der Waals surface area (Å²) < 4.78 is 0. The molecule has 0 aliphatic carbocycles. The number of nitrogens with one attached hydrogen (secondary N) is 1. The molecule has 0 aliphatic rings. The molecule has 3 aromatic carbocycles. The highest BCUT2D eigenvalue weighted by atomic mass is 35.5. The monoisotopic (exact) mass is 393 g/mol. The minimum absolute atomic E-state index is 0.481. The molecule has 0 aliphatic heterocycles. The van der Waals surface area contributed by atoms with Gasteiger partial charge < -0.3 is 5.32 Å². The molecular weight excluding hydrogens is 377 g/mol. The minimum atomic E-state index is 0.481. The van der Waals surface area contributed by atoms with E-state index in [0.29, 0.717) is 15.9 Å². The van der Waals surface area contributed by atoms with E-state index in [9.17, 15) is 0 Å². The van der Waals surface area contributed by atoms with Crippen molar-refractivity contribution < 1.29 is 0 Å². The summed E-state index contributed by atoms with van der Waals surface area (Å²) >= 11 is 12.2. The molecule has 0 radical (unpaired) electrons. The lowest BCUT2D eigenvalue weighted by molar-refractivity contribution is 1.22. The molecule has 0 saturated carbocycles. The fourth-order valence-corrected chi connectivity index (χ4v) is 3.19. The van der Waals surface area contributed by atoms with Crippen LogP contribution < -0.4 is 5.32 Å². The maximum atomic E-state index is 6.18. The Morgan fingerprint density at radius 1 is 0.778 bits per heavy atom. The lowest BCUT2D eigenvalue weighted by atomic mass is 10.1. The number of hydrogen-bond donors (Lipinski definition) is 1. The van der Waals surface area contributed by atoms with E-state index in [1.165, 1.54) is 11.1 Å². The van der Waals surface area contributed by atoms with Gasteiger partial charge in [-0.3, -0.25) is 0 Å². The van der Waals surface area contributed by atoms with Gasteiger partial charge in [-0.25, -0.2) is 9.97 Å². The summed E-state index contributed by atoms with van der Waals surface area (Å²) in [6.07, 6.45) is 0. The third kappa shape index (κ3) is 3.61. The van der Waals surface area contributed by atoms with E-state index in [4.69, 9.17) is 33.2 Å². The van der Waals surface area contributed by atoms with E-state index in [2.05, 4.69) is 37.4 Å². The van der Waals surface area contributed by atoms with E-state index in [-0.39, 0.29) is 0 Å². The van der Waals surface area contributed by atoms with Crippen molar-refractivity contribution in [2.24, 2.45) is 0 Å². The zero-order chi connectivity index (χ0) is 19.0. The highest BCUT2D eigenvalue weighted by Crippen LogP contribution is 2.31. The van der Waals surface area contributed by atoms with Gasteiger partial charge in [0.2, 0.25) is 0 Å². The van der Waals surface area contributed by atoms with E-state index in [1.54, 1.807) is 12.1 Å². The lowest BCUT2D eigenvalue weighted by Crippen LogP contribution is -2.00. The number of halogens is 2. The van der Waals surface area contributed by atoms with Crippen LogP contribution in [0.1, 0.15) is 11.1 Å². The van der Waals surface area contributed by atoms with Crippen LogP contribution in [0.4, 0.5) is 11.5 Å². The second kappa shape index (κ2) is 7.18. The summed E-state index contributed by atoms with van der Waals surface area (Å²) in [5, 5.41) is 5.39. The average Bonchev–Trinajstić information content (AvgIpc) is 2.67. The first-order chi connectivity index (χ1) is 13.0. The van der Waals surface area contributed by atoms with E-state index in [1.807, 2.05) is 30.3 Å². The molecule has 0 unspecified atom stereocenters. The van der Waals surface area contributed by atoms with Crippen molar-refractivity contribution in [3.05, 3.63) is 81.8 Å². The number of hydrogen-bond acceptors (Lipinski definition) is 3. The second-order valence-corrected chi connectivity index (χ2v) is 7.28. The molecule has 5 heteroatoms. The Kier molecular flexibility index (Phi) is 4.73. The third-order valence-corrected chi connectivity index (χ3v) is 5.29. The fourth-order valence-electron chi connectivity index (χ4n) is 2.89. The second-order valence-electron chi connectivity index (χ2n) is 6.47. The van der Waals surface area contributed by atoms with Gasteiger partial charge in [0.25, 0.3) is 0 Å². The Hall–Kier alpha value is -2.62. The topological polar surface area (TPSA) is 37.8 Å². The fraction of sp³-hybridized carbons (Fsp3) is 0.0909. The summed E-state index contributed by atoms with van der Waals surface area (Å²) in [6, 6.07) is 19.6. The van der Waals surface area contributed by atoms with Gasteiger partial charge in [-0.2, -0.15) is 0 Å². The molecule has 4 aromatic rings. The molecule has 1 aromatic heterocycles. The SMILES string of the molecule is Cc1ccc(Nc2nc(-c3ccc(Cl)c(Cl)c3)nc3ccccc23)cc1C.